The largest absolute Gasteiger partial charge is 0.385 e. The Hall–Kier alpha value is -2.96. The van der Waals surface area contributed by atoms with Gasteiger partial charge in [-0.25, -0.2) is 0 Å². The van der Waals surface area contributed by atoms with Crippen molar-refractivity contribution in [3.05, 3.63) is 79.9 Å². The zero-order chi connectivity index (χ0) is 24.0. The normalized spacial score (nSPS) is 22.5. The lowest BCUT2D eigenvalue weighted by molar-refractivity contribution is -0.385. The maximum absolute atomic E-state index is 10.8. The fourth-order valence-electron chi connectivity index (χ4n) is 3.34. The summed E-state index contributed by atoms with van der Waals surface area (Å²) in [4.78, 5) is 20.6. The van der Waals surface area contributed by atoms with E-state index in [1.54, 1.807) is 24.3 Å². The first-order chi connectivity index (χ1) is 15.7. The molecule has 33 heavy (non-hydrogen) atoms. The van der Waals surface area contributed by atoms with Crippen LogP contribution in [0, 0.1) is 20.2 Å². The summed E-state index contributed by atoms with van der Waals surface area (Å²) < 4.78 is 23.1. The molecular weight excluding hydrogens is 436 g/mol. The van der Waals surface area contributed by atoms with Crippen LogP contribution in [0.3, 0.4) is 0 Å². The molecule has 0 unspecified atom stereocenters. The monoisotopic (exact) mass is 462 g/mol. The van der Waals surface area contributed by atoms with E-state index in [0.717, 1.165) is 5.56 Å². The molecule has 11 nitrogen and oxygen atoms in total. The highest BCUT2D eigenvalue weighted by molar-refractivity contribution is 5.33. The van der Waals surface area contributed by atoms with Gasteiger partial charge in [0.2, 0.25) is 0 Å². The van der Waals surface area contributed by atoms with Crippen molar-refractivity contribution in [2.45, 2.75) is 57.8 Å². The number of rotatable bonds is 11. The molecule has 0 bridgehead atoms. The van der Waals surface area contributed by atoms with E-state index >= 15 is 0 Å². The number of hydrogen-bond donors (Lipinski definition) is 1. The Morgan fingerprint density at radius 2 is 1.45 bits per heavy atom. The van der Waals surface area contributed by atoms with Crippen molar-refractivity contribution in [1.82, 2.24) is 0 Å². The van der Waals surface area contributed by atoms with Crippen LogP contribution in [0.4, 0.5) is 11.4 Å². The second-order valence-electron chi connectivity index (χ2n) is 7.86. The van der Waals surface area contributed by atoms with Crippen LogP contribution >= 0.6 is 0 Å². The lowest BCUT2D eigenvalue weighted by atomic mass is 10.1. The van der Waals surface area contributed by atoms with Crippen LogP contribution in [-0.2, 0) is 32.2 Å². The quantitative estimate of drug-likeness (QED) is 0.393. The van der Waals surface area contributed by atoms with Crippen LogP contribution in [-0.4, -0.2) is 52.3 Å². The maximum Gasteiger partial charge on any atom is 0.269 e. The molecule has 3 rings (SSSR count). The van der Waals surface area contributed by atoms with Gasteiger partial charge >= 0.3 is 0 Å². The van der Waals surface area contributed by atoms with E-state index in [0.29, 0.717) is 5.56 Å². The van der Waals surface area contributed by atoms with Gasteiger partial charge in [-0.1, -0.05) is 0 Å². The maximum atomic E-state index is 10.8. The minimum atomic E-state index is -1.06. The van der Waals surface area contributed by atoms with Gasteiger partial charge in [0.1, 0.15) is 18.3 Å². The van der Waals surface area contributed by atoms with Gasteiger partial charge in [0.15, 0.2) is 6.29 Å². The van der Waals surface area contributed by atoms with Crippen molar-refractivity contribution >= 4 is 11.4 Å². The highest BCUT2D eigenvalue weighted by atomic mass is 16.7. The van der Waals surface area contributed by atoms with E-state index in [2.05, 4.69) is 0 Å². The van der Waals surface area contributed by atoms with Gasteiger partial charge in [-0.15, -0.1) is 0 Å². The van der Waals surface area contributed by atoms with Crippen molar-refractivity contribution in [3.63, 3.8) is 0 Å². The van der Waals surface area contributed by atoms with Crippen molar-refractivity contribution in [1.29, 1.82) is 0 Å². The Bertz CT molecular complexity index is 934. The highest BCUT2D eigenvalue weighted by Gasteiger charge is 2.45. The summed E-state index contributed by atoms with van der Waals surface area (Å²) in [7, 11) is 0. The first-order valence-corrected chi connectivity index (χ1v) is 10.4. The van der Waals surface area contributed by atoms with E-state index in [9.17, 15) is 25.3 Å². The van der Waals surface area contributed by atoms with Crippen molar-refractivity contribution in [3.8, 4) is 0 Å². The predicted molar refractivity (Wildman–Crippen MR) is 115 cm³/mol. The van der Waals surface area contributed by atoms with Crippen LogP contribution in [0.5, 0.6) is 0 Å². The molecule has 0 spiro atoms. The summed E-state index contributed by atoms with van der Waals surface area (Å²) in [6.07, 6.45) is -3.50. The van der Waals surface area contributed by atoms with Crippen LogP contribution in [0.15, 0.2) is 48.5 Å². The molecular formula is C22H26N2O9. The van der Waals surface area contributed by atoms with Gasteiger partial charge < -0.3 is 24.1 Å². The molecule has 0 aliphatic carbocycles. The summed E-state index contributed by atoms with van der Waals surface area (Å²) in [5.74, 6) is 0. The van der Waals surface area contributed by atoms with Crippen LogP contribution in [0.1, 0.15) is 25.0 Å². The molecule has 1 fully saturated rings. The number of benzene rings is 2. The summed E-state index contributed by atoms with van der Waals surface area (Å²) in [5.41, 5.74) is 1.42. The average molecular weight is 462 g/mol. The Labute approximate surface area is 190 Å². The second-order valence-corrected chi connectivity index (χ2v) is 7.86. The minimum Gasteiger partial charge on any atom is -0.385 e. The number of aliphatic hydroxyl groups is 1. The molecule has 1 saturated heterocycles. The number of aliphatic hydroxyl groups excluding tert-OH is 1. The van der Waals surface area contributed by atoms with Gasteiger partial charge in [-0.05, 0) is 49.2 Å². The summed E-state index contributed by atoms with van der Waals surface area (Å²) in [6, 6.07) is 12.0. The van der Waals surface area contributed by atoms with Gasteiger partial charge in [-0.3, -0.25) is 20.2 Å². The number of ether oxygens (including phenoxy) is 4. The Morgan fingerprint density at radius 3 is 1.94 bits per heavy atom. The third-order valence-electron chi connectivity index (χ3n) is 4.98. The van der Waals surface area contributed by atoms with Gasteiger partial charge in [-0.2, -0.15) is 0 Å². The Morgan fingerprint density at radius 1 is 0.939 bits per heavy atom. The van der Waals surface area contributed by atoms with E-state index in [1.807, 2.05) is 13.8 Å². The second kappa shape index (κ2) is 11.3. The molecule has 2 aromatic rings. The SMILES string of the molecule is CC(C)O[C@@H]1O[C@H](COCc2ccc([N+](=O)[O-])cc2)[C@@H](OCc2ccc([N+](=O)[O-])cc2)[C@H]1O. The fraction of sp³-hybridized carbons (Fsp3) is 0.455. The number of hydrogen-bond acceptors (Lipinski definition) is 9. The molecule has 178 valence electrons. The standard InChI is InChI=1S/C22H26N2O9/c1-14(2)32-22-20(25)21(31-12-16-5-9-18(10-6-16)24(28)29)19(33-22)13-30-11-15-3-7-17(8-4-15)23(26)27/h3-10,14,19-22,25H,11-13H2,1-2H3/t19-,20-,21-,22-/m1/s1. The smallest absolute Gasteiger partial charge is 0.269 e. The van der Waals surface area contributed by atoms with E-state index in [1.165, 1.54) is 24.3 Å². The third-order valence-corrected chi connectivity index (χ3v) is 4.98. The van der Waals surface area contributed by atoms with Crippen LogP contribution in [0.2, 0.25) is 0 Å². The molecule has 4 atom stereocenters. The van der Waals surface area contributed by atoms with Crippen LogP contribution < -0.4 is 0 Å². The van der Waals surface area contributed by atoms with Crippen molar-refractivity contribution in [2.24, 2.45) is 0 Å². The Balaban J connectivity index is 1.60. The molecule has 1 N–H and O–H groups in total. The zero-order valence-electron chi connectivity index (χ0n) is 18.2. The zero-order valence-corrected chi connectivity index (χ0v) is 18.2. The molecule has 0 radical (unpaired) electrons. The molecule has 0 amide bonds. The van der Waals surface area contributed by atoms with E-state index in [4.69, 9.17) is 18.9 Å². The average Bonchev–Trinajstić information content (AvgIpc) is 3.06. The molecule has 0 aromatic heterocycles. The highest BCUT2D eigenvalue weighted by Crippen LogP contribution is 2.27. The van der Waals surface area contributed by atoms with Crippen LogP contribution in [0.25, 0.3) is 0 Å². The topological polar surface area (TPSA) is 143 Å². The Kier molecular flexibility index (Phi) is 8.42. The van der Waals surface area contributed by atoms with Gasteiger partial charge in [0.25, 0.3) is 11.4 Å². The van der Waals surface area contributed by atoms with Gasteiger partial charge in [0.05, 0.1) is 35.8 Å². The predicted octanol–water partition coefficient (Wildman–Crippen LogP) is 3.12. The molecule has 1 aliphatic heterocycles. The molecule has 11 heteroatoms. The van der Waals surface area contributed by atoms with Crippen molar-refractivity contribution in [2.75, 3.05) is 6.61 Å². The summed E-state index contributed by atoms with van der Waals surface area (Å²) in [6.45, 7) is 4.04. The summed E-state index contributed by atoms with van der Waals surface area (Å²) >= 11 is 0. The summed E-state index contributed by atoms with van der Waals surface area (Å²) in [5, 5.41) is 32.2. The minimum absolute atomic E-state index is 0.00520. The lowest BCUT2D eigenvalue weighted by Crippen LogP contribution is -2.38. The lowest BCUT2D eigenvalue weighted by Gasteiger charge is -2.21. The first kappa shape index (κ1) is 24.7. The number of nitro benzene ring substituents is 2. The number of non-ortho nitro benzene ring substituents is 2. The molecule has 2 aromatic carbocycles. The molecule has 1 heterocycles. The van der Waals surface area contributed by atoms with E-state index < -0.39 is 34.4 Å². The van der Waals surface area contributed by atoms with Crippen molar-refractivity contribution < 1.29 is 33.9 Å². The number of nitro groups is 2. The molecule has 0 saturated carbocycles. The fourth-order valence-corrected chi connectivity index (χ4v) is 3.34. The van der Waals surface area contributed by atoms with E-state index in [-0.39, 0.29) is 37.3 Å². The third kappa shape index (κ3) is 6.76. The molecule has 1 aliphatic rings. The first-order valence-electron chi connectivity index (χ1n) is 10.4. The van der Waals surface area contributed by atoms with Gasteiger partial charge in [0, 0.05) is 24.3 Å². The number of nitrogens with zero attached hydrogens (tertiary/aromatic N) is 2.